The van der Waals surface area contributed by atoms with Crippen LogP contribution in [-0.4, -0.2) is 28.5 Å². The minimum absolute atomic E-state index is 0.255. The van der Waals surface area contributed by atoms with E-state index in [4.69, 9.17) is 5.84 Å². The molecule has 2 rings (SSSR count). The summed E-state index contributed by atoms with van der Waals surface area (Å²) < 4.78 is 0. The lowest BCUT2D eigenvalue weighted by molar-refractivity contribution is 0.761. The lowest BCUT2D eigenvalue weighted by Crippen LogP contribution is -2.23. The first kappa shape index (κ1) is 15.2. The molecule has 0 bridgehead atoms. The third kappa shape index (κ3) is 4.13. The van der Waals surface area contributed by atoms with Crippen LogP contribution >= 0.6 is 0 Å². The smallest absolute Gasteiger partial charge is 0.145 e. The summed E-state index contributed by atoms with van der Waals surface area (Å²) in [5.41, 5.74) is 3.86. The normalized spacial score (nSPS) is 10.7. The molecular weight excluding hydrogens is 264 g/mol. The van der Waals surface area contributed by atoms with Crippen molar-refractivity contribution in [3.8, 4) is 0 Å². The molecule has 0 radical (unpaired) electrons. The van der Waals surface area contributed by atoms with Crippen LogP contribution in [0.2, 0.25) is 0 Å². The molecule has 2 aromatic heterocycles. The van der Waals surface area contributed by atoms with E-state index >= 15 is 0 Å². The second-order valence-electron chi connectivity index (χ2n) is 5.30. The van der Waals surface area contributed by atoms with Gasteiger partial charge in [0.05, 0.1) is 0 Å². The van der Waals surface area contributed by atoms with Crippen molar-refractivity contribution in [3.05, 3.63) is 42.0 Å². The second-order valence-corrected chi connectivity index (χ2v) is 5.30. The van der Waals surface area contributed by atoms with Gasteiger partial charge in [-0.25, -0.2) is 15.8 Å². The van der Waals surface area contributed by atoms with E-state index in [0.29, 0.717) is 5.82 Å². The van der Waals surface area contributed by atoms with Crippen molar-refractivity contribution in [3.63, 3.8) is 0 Å². The van der Waals surface area contributed by atoms with Crippen LogP contribution in [0, 0.1) is 0 Å². The Morgan fingerprint density at radius 3 is 2.57 bits per heavy atom. The number of hydrogen-bond donors (Lipinski definition) is 2. The maximum atomic E-state index is 5.49. The number of rotatable bonds is 6. The van der Waals surface area contributed by atoms with Crippen LogP contribution in [0.4, 0.5) is 11.6 Å². The van der Waals surface area contributed by atoms with Crippen LogP contribution in [0.1, 0.15) is 31.2 Å². The van der Waals surface area contributed by atoms with Gasteiger partial charge in [-0.2, -0.15) is 0 Å². The summed E-state index contributed by atoms with van der Waals surface area (Å²) in [5, 5.41) is 0. The van der Waals surface area contributed by atoms with Crippen LogP contribution in [-0.2, 0) is 6.42 Å². The average Bonchev–Trinajstić information content (AvgIpc) is 2.53. The van der Waals surface area contributed by atoms with E-state index in [1.54, 1.807) is 0 Å². The van der Waals surface area contributed by atoms with Gasteiger partial charge in [0.2, 0.25) is 0 Å². The lowest BCUT2D eigenvalue weighted by atomic mass is 10.2. The quantitative estimate of drug-likeness (QED) is 0.624. The first-order valence-corrected chi connectivity index (χ1v) is 7.05. The number of nitrogens with two attached hydrogens (primary N) is 1. The Balaban J connectivity index is 2.11. The second kappa shape index (κ2) is 6.99. The molecule has 0 fully saturated rings. The van der Waals surface area contributed by atoms with Crippen molar-refractivity contribution < 1.29 is 0 Å². The molecule has 0 atom stereocenters. The number of pyridine rings is 1. The SMILES string of the molecule is CC(C)c1nc(NN)cc(N(C)CCc2ccncc2)n1. The summed E-state index contributed by atoms with van der Waals surface area (Å²) >= 11 is 0. The van der Waals surface area contributed by atoms with Gasteiger partial charge in [0.15, 0.2) is 0 Å². The predicted octanol–water partition coefficient (Wildman–Crippen LogP) is 1.96. The Bertz CT molecular complexity index is 570. The molecule has 3 N–H and O–H groups in total. The summed E-state index contributed by atoms with van der Waals surface area (Å²) in [4.78, 5) is 15.1. The fraction of sp³-hybridized carbons (Fsp3) is 0.400. The maximum Gasteiger partial charge on any atom is 0.145 e. The van der Waals surface area contributed by atoms with Crippen LogP contribution in [0.15, 0.2) is 30.6 Å². The summed E-state index contributed by atoms with van der Waals surface area (Å²) in [5.74, 6) is 8.04. The molecule has 0 amide bonds. The van der Waals surface area contributed by atoms with Crippen molar-refractivity contribution in [2.24, 2.45) is 5.84 Å². The zero-order chi connectivity index (χ0) is 15.2. The number of anilines is 2. The monoisotopic (exact) mass is 286 g/mol. The van der Waals surface area contributed by atoms with Gasteiger partial charge < -0.3 is 10.3 Å². The number of nitrogens with one attached hydrogen (secondary N) is 1. The van der Waals surface area contributed by atoms with Crippen molar-refractivity contribution in [1.82, 2.24) is 15.0 Å². The Kier molecular flexibility index (Phi) is 5.05. The number of likely N-dealkylation sites (N-methyl/N-ethyl adjacent to an activating group) is 1. The molecule has 0 unspecified atom stereocenters. The molecule has 2 heterocycles. The largest absolute Gasteiger partial charge is 0.359 e. The number of nitrogen functional groups attached to an aromatic ring is 1. The summed E-state index contributed by atoms with van der Waals surface area (Å²) in [6, 6.07) is 5.92. The average molecular weight is 286 g/mol. The van der Waals surface area contributed by atoms with E-state index < -0.39 is 0 Å². The third-order valence-electron chi connectivity index (χ3n) is 3.27. The zero-order valence-electron chi connectivity index (χ0n) is 12.7. The van der Waals surface area contributed by atoms with Crippen LogP contribution in [0.25, 0.3) is 0 Å². The Labute approximate surface area is 125 Å². The number of nitrogens with zero attached hydrogens (tertiary/aromatic N) is 4. The number of aromatic nitrogens is 3. The van der Waals surface area contributed by atoms with E-state index in [1.807, 2.05) is 37.6 Å². The third-order valence-corrected chi connectivity index (χ3v) is 3.27. The molecule has 21 heavy (non-hydrogen) atoms. The highest BCUT2D eigenvalue weighted by molar-refractivity contribution is 5.48. The number of hydrogen-bond acceptors (Lipinski definition) is 6. The van der Waals surface area contributed by atoms with Crippen LogP contribution in [0.3, 0.4) is 0 Å². The van der Waals surface area contributed by atoms with Gasteiger partial charge in [-0.1, -0.05) is 13.8 Å². The molecule has 0 saturated heterocycles. The van der Waals surface area contributed by atoms with Crippen molar-refractivity contribution in [2.75, 3.05) is 23.9 Å². The van der Waals surface area contributed by atoms with E-state index in [9.17, 15) is 0 Å². The highest BCUT2D eigenvalue weighted by Gasteiger charge is 2.10. The van der Waals surface area contributed by atoms with E-state index in [1.165, 1.54) is 5.56 Å². The summed E-state index contributed by atoms with van der Waals surface area (Å²) in [6.07, 6.45) is 4.56. The first-order valence-electron chi connectivity index (χ1n) is 7.05. The summed E-state index contributed by atoms with van der Waals surface area (Å²) in [6.45, 7) is 5.00. The highest BCUT2D eigenvalue weighted by atomic mass is 15.3. The molecule has 112 valence electrons. The molecule has 6 nitrogen and oxygen atoms in total. The lowest BCUT2D eigenvalue weighted by Gasteiger charge is -2.20. The summed E-state index contributed by atoms with van der Waals surface area (Å²) in [7, 11) is 2.02. The first-order chi connectivity index (χ1) is 10.1. The topological polar surface area (TPSA) is 80.0 Å². The van der Waals surface area contributed by atoms with E-state index in [-0.39, 0.29) is 5.92 Å². The Morgan fingerprint density at radius 2 is 1.95 bits per heavy atom. The van der Waals surface area contributed by atoms with E-state index in [2.05, 4.69) is 39.1 Å². The predicted molar refractivity (Wildman–Crippen MR) is 85.1 cm³/mol. The van der Waals surface area contributed by atoms with Gasteiger partial charge >= 0.3 is 0 Å². The molecule has 0 aromatic carbocycles. The maximum absolute atomic E-state index is 5.49. The standard InChI is InChI=1S/C15H22N6/c1-11(2)15-18-13(20-16)10-14(19-15)21(3)9-6-12-4-7-17-8-5-12/h4-5,7-8,10-11H,6,9,16H2,1-3H3,(H,18,19,20). The fourth-order valence-corrected chi connectivity index (χ4v) is 1.94. The Hall–Kier alpha value is -2.21. The highest BCUT2D eigenvalue weighted by Crippen LogP contribution is 2.19. The van der Waals surface area contributed by atoms with Crippen LogP contribution < -0.4 is 16.2 Å². The van der Waals surface area contributed by atoms with Gasteiger partial charge in [-0.3, -0.25) is 4.98 Å². The molecule has 0 spiro atoms. The van der Waals surface area contributed by atoms with Gasteiger partial charge in [0.25, 0.3) is 0 Å². The molecule has 0 saturated carbocycles. The van der Waals surface area contributed by atoms with Crippen LogP contribution in [0.5, 0.6) is 0 Å². The van der Waals surface area contributed by atoms with Gasteiger partial charge in [-0.15, -0.1) is 0 Å². The minimum Gasteiger partial charge on any atom is -0.359 e. The molecule has 0 aliphatic rings. The zero-order valence-corrected chi connectivity index (χ0v) is 12.7. The Morgan fingerprint density at radius 1 is 1.24 bits per heavy atom. The molecule has 2 aromatic rings. The minimum atomic E-state index is 0.255. The molecule has 0 aliphatic heterocycles. The van der Waals surface area contributed by atoms with Crippen molar-refractivity contribution >= 4 is 11.6 Å². The molecular formula is C15H22N6. The molecule has 6 heteroatoms. The molecule has 0 aliphatic carbocycles. The van der Waals surface area contributed by atoms with Gasteiger partial charge in [-0.05, 0) is 24.1 Å². The number of hydrazine groups is 1. The van der Waals surface area contributed by atoms with Gasteiger partial charge in [0.1, 0.15) is 17.5 Å². The van der Waals surface area contributed by atoms with Crippen molar-refractivity contribution in [1.29, 1.82) is 0 Å². The van der Waals surface area contributed by atoms with Crippen molar-refractivity contribution in [2.45, 2.75) is 26.2 Å². The van der Waals surface area contributed by atoms with E-state index in [0.717, 1.165) is 24.6 Å². The fourth-order valence-electron chi connectivity index (χ4n) is 1.94. The van der Waals surface area contributed by atoms with Gasteiger partial charge in [0, 0.05) is 38.0 Å².